The number of ether oxygens (including phenoxy) is 1. The number of carbonyl (C=O) groups excluding carboxylic acids is 1. The van der Waals surface area contributed by atoms with Crippen molar-refractivity contribution in [3.63, 3.8) is 0 Å². The highest BCUT2D eigenvalue weighted by Gasteiger charge is 2.22. The fourth-order valence-corrected chi connectivity index (χ4v) is 4.64. The SMILES string of the molecule is CCc1cccc2c([C@H](CC(=O)NCCCN3CCOCC3)c3ccc(C)cc3)c[nH]c12. The van der Waals surface area contributed by atoms with Crippen molar-refractivity contribution < 1.29 is 9.53 Å². The van der Waals surface area contributed by atoms with Crippen LogP contribution in [-0.2, 0) is 16.0 Å². The minimum atomic E-state index is 0.0238. The lowest BCUT2D eigenvalue weighted by molar-refractivity contribution is -0.121. The van der Waals surface area contributed by atoms with Gasteiger partial charge in [0.05, 0.1) is 13.2 Å². The van der Waals surface area contributed by atoms with Crippen LogP contribution in [0, 0.1) is 6.92 Å². The molecule has 1 aliphatic rings. The van der Waals surface area contributed by atoms with Gasteiger partial charge < -0.3 is 15.0 Å². The zero-order valence-corrected chi connectivity index (χ0v) is 19.3. The van der Waals surface area contributed by atoms with Crippen molar-refractivity contribution in [2.75, 3.05) is 39.4 Å². The molecule has 4 rings (SSSR count). The number of hydrogen-bond acceptors (Lipinski definition) is 3. The molecule has 0 saturated carbocycles. The van der Waals surface area contributed by atoms with Crippen LogP contribution >= 0.6 is 0 Å². The molecule has 3 aromatic rings. The van der Waals surface area contributed by atoms with E-state index in [2.05, 4.69) is 77.7 Å². The maximum atomic E-state index is 12.9. The summed E-state index contributed by atoms with van der Waals surface area (Å²) >= 11 is 0. The molecule has 0 bridgehead atoms. The van der Waals surface area contributed by atoms with Crippen LogP contribution in [0.25, 0.3) is 10.9 Å². The normalized spacial score (nSPS) is 15.7. The van der Waals surface area contributed by atoms with Gasteiger partial charge in [-0.15, -0.1) is 0 Å². The lowest BCUT2D eigenvalue weighted by atomic mass is 9.87. The molecule has 1 amide bonds. The summed E-state index contributed by atoms with van der Waals surface area (Å²) in [5.41, 5.74) is 6.11. The van der Waals surface area contributed by atoms with Crippen LogP contribution in [0.4, 0.5) is 0 Å². The third-order valence-corrected chi connectivity index (χ3v) is 6.54. The topological polar surface area (TPSA) is 57.4 Å². The molecular formula is C27H35N3O2. The summed E-state index contributed by atoms with van der Waals surface area (Å²) in [4.78, 5) is 18.8. The van der Waals surface area contributed by atoms with Gasteiger partial charge in [-0.05, 0) is 43.0 Å². The van der Waals surface area contributed by atoms with Gasteiger partial charge in [-0.2, -0.15) is 0 Å². The van der Waals surface area contributed by atoms with Gasteiger partial charge in [0.1, 0.15) is 0 Å². The Labute approximate surface area is 191 Å². The first-order valence-corrected chi connectivity index (χ1v) is 11.9. The maximum absolute atomic E-state index is 12.9. The summed E-state index contributed by atoms with van der Waals surface area (Å²) < 4.78 is 5.40. The predicted octanol–water partition coefficient (Wildman–Crippen LogP) is 4.40. The number of nitrogens with one attached hydrogen (secondary N) is 2. The van der Waals surface area contributed by atoms with E-state index in [-0.39, 0.29) is 11.8 Å². The summed E-state index contributed by atoms with van der Waals surface area (Å²) in [7, 11) is 0. The van der Waals surface area contributed by atoms with Crippen molar-refractivity contribution in [3.8, 4) is 0 Å². The Hall–Kier alpha value is -2.63. The van der Waals surface area contributed by atoms with Crippen LogP contribution in [0.15, 0.2) is 48.7 Å². The third kappa shape index (κ3) is 5.40. The highest BCUT2D eigenvalue weighted by Crippen LogP contribution is 2.34. The summed E-state index contributed by atoms with van der Waals surface area (Å²) in [5.74, 6) is 0.134. The van der Waals surface area contributed by atoms with E-state index < -0.39 is 0 Å². The van der Waals surface area contributed by atoms with Gasteiger partial charge >= 0.3 is 0 Å². The van der Waals surface area contributed by atoms with Crippen molar-refractivity contribution in [2.24, 2.45) is 0 Å². The van der Waals surface area contributed by atoms with Crippen molar-refractivity contribution >= 4 is 16.8 Å². The number of amides is 1. The number of benzene rings is 2. The van der Waals surface area contributed by atoms with E-state index in [0.717, 1.165) is 45.7 Å². The number of aromatic amines is 1. The Kier molecular flexibility index (Phi) is 7.61. The number of morpholine rings is 1. The maximum Gasteiger partial charge on any atom is 0.220 e. The van der Waals surface area contributed by atoms with E-state index in [9.17, 15) is 4.79 Å². The van der Waals surface area contributed by atoms with Crippen molar-refractivity contribution in [3.05, 3.63) is 70.9 Å². The Morgan fingerprint density at radius 1 is 1.16 bits per heavy atom. The van der Waals surface area contributed by atoms with E-state index in [1.807, 2.05) is 0 Å². The number of nitrogens with zero attached hydrogens (tertiary/aromatic N) is 1. The van der Waals surface area contributed by atoms with Crippen molar-refractivity contribution in [2.45, 2.75) is 39.0 Å². The van der Waals surface area contributed by atoms with E-state index in [4.69, 9.17) is 4.74 Å². The number of para-hydroxylation sites is 1. The monoisotopic (exact) mass is 433 g/mol. The molecular weight excluding hydrogens is 398 g/mol. The van der Waals surface area contributed by atoms with Gasteiger partial charge in [0.25, 0.3) is 0 Å². The largest absolute Gasteiger partial charge is 0.379 e. The first-order chi connectivity index (χ1) is 15.7. The molecule has 1 atom stereocenters. The second kappa shape index (κ2) is 10.8. The molecule has 0 radical (unpaired) electrons. The summed E-state index contributed by atoms with van der Waals surface area (Å²) in [6.07, 6.45) is 4.49. The third-order valence-electron chi connectivity index (χ3n) is 6.54. The molecule has 0 unspecified atom stereocenters. The Morgan fingerprint density at radius 2 is 1.94 bits per heavy atom. The highest BCUT2D eigenvalue weighted by molar-refractivity contribution is 5.88. The Bertz CT molecular complexity index is 1020. The number of hydrogen-bond donors (Lipinski definition) is 2. The molecule has 170 valence electrons. The molecule has 5 heteroatoms. The van der Waals surface area contributed by atoms with Gasteiger partial charge in [-0.1, -0.05) is 55.0 Å². The van der Waals surface area contributed by atoms with Crippen molar-refractivity contribution in [1.82, 2.24) is 15.2 Å². The Balaban J connectivity index is 1.47. The molecule has 0 spiro atoms. The van der Waals surface area contributed by atoms with Crippen molar-refractivity contribution in [1.29, 1.82) is 0 Å². The van der Waals surface area contributed by atoms with E-state index >= 15 is 0 Å². The average molecular weight is 434 g/mol. The van der Waals surface area contributed by atoms with Gasteiger partial charge in [-0.25, -0.2) is 0 Å². The van der Waals surface area contributed by atoms with Crippen LogP contribution in [-0.4, -0.2) is 55.2 Å². The molecule has 0 aliphatic carbocycles. The second-order valence-corrected chi connectivity index (χ2v) is 8.76. The van der Waals surface area contributed by atoms with E-state index in [1.165, 1.54) is 33.2 Å². The van der Waals surface area contributed by atoms with Crippen LogP contribution in [0.1, 0.15) is 47.9 Å². The lowest BCUT2D eigenvalue weighted by Crippen LogP contribution is -2.38. The summed E-state index contributed by atoms with van der Waals surface area (Å²) in [5, 5.41) is 4.38. The number of rotatable bonds is 9. The molecule has 5 nitrogen and oxygen atoms in total. The summed E-state index contributed by atoms with van der Waals surface area (Å²) in [6, 6.07) is 15.1. The minimum Gasteiger partial charge on any atom is -0.379 e. The standard InChI is InChI=1S/C27H35N3O2/c1-3-21-6-4-7-23-25(19-29-27(21)23)24(22-10-8-20(2)9-11-22)18-26(31)28-12-5-13-30-14-16-32-17-15-30/h4,6-11,19,24,29H,3,5,12-18H2,1-2H3,(H,28,31)/t24-/m1/s1. The molecule has 2 aromatic carbocycles. The first-order valence-electron chi connectivity index (χ1n) is 11.9. The lowest BCUT2D eigenvalue weighted by Gasteiger charge is -2.26. The summed E-state index contributed by atoms with van der Waals surface area (Å²) in [6.45, 7) is 9.60. The molecule has 2 N–H and O–H groups in total. The quantitative estimate of drug-likeness (QED) is 0.492. The van der Waals surface area contributed by atoms with E-state index in [0.29, 0.717) is 13.0 Å². The number of carbonyl (C=O) groups is 1. The van der Waals surface area contributed by atoms with Crippen LogP contribution in [0.5, 0.6) is 0 Å². The fourth-order valence-electron chi connectivity index (χ4n) is 4.64. The molecule has 2 heterocycles. The zero-order chi connectivity index (χ0) is 22.3. The first kappa shape index (κ1) is 22.6. The molecule has 1 saturated heterocycles. The number of fused-ring (bicyclic) bond motifs is 1. The molecule has 1 aromatic heterocycles. The molecule has 32 heavy (non-hydrogen) atoms. The number of aryl methyl sites for hydroxylation is 2. The second-order valence-electron chi connectivity index (χ2n) is 8.76. The molecule has 1 aliphatic heterocycles. The van der Waals surface area contributed by atoms with Crippen LogP contribution < -0.4 is 5.32 Å². The van der Waals surface area contributed by atoms with Crippen LogP contribution in [0.3, 0.4) is 0 Å². The van der Waals surface area contributed by atoms with Gasteiger partial charge in [0.2, 0.25) is 5.91 Å². The molecule has 1 fully saturated rings. The van der Waals surface area contributed by atoms with Gasteiger partial charge in [0.15, 0.2) is 0 Å². The van der Waals surface area contributed by atoms with E-state index in [1.54, 1.807) is 0 Å². The van der Waals surface area contributed by atoms with Gasteiger partial charge in [0, 0.05) is 49.1 Å². The fraction of sp³-hybridized carbons (Fsp3) is 0.444. The smallest absolute Gasteiger partial charge is 0.220 e. The minimum absolute atomic E-state index is 0.0238. The number of H-pyrrole nitrogens is 1. The average Bonchev–Trinajstić information content (AvgIpc) is 3.26. The zero-order valence-electron chi connectivity index (χ0n) is 19.3. The van der Waals surface area contributed by atoms with Gasteiger partial charge in [-0.3, -0.25) is 9.69 Å². The number of aromatic nitrogens is 1. The highest BCUT2D eigenvalue weighted by atomic mass is 16.5. The Morgan fingerprint density at radius 3 is 2.69 bits per heavy atom. The predicted molar refractivity (Wildman–Crippen MR) is 130 cm³/mol. The van der Waals surface area contributed by atoms with Crippen LogP contribution in [0.2, 0.25) is 0 Å².